The average molecular weight is 209 g/mol. The molecule has 4 nitrogen and oxygen atoms in total. The summed E-state index contributed by atoms with van der Waals surface area (Å²) in [6, 6.07) is 0. The first kappa shape index (κ1) is 10.6. The minimum Gasteiger partial charge on any atom is -0.380 e. The van der Waals surface area contributed by atoms with Crippen LogP contribution in [0.2, 0.25) is 0 Å². The minimum atomic E-state index is 0.115. The van der Waals surface area contributed by atoms with Gasteiger partial charge in [-0.3, -0.25) is 0 Å². The maximum atomic E-state index is 5.50. The number of aryl methyl sites for hydroxylation is 1. The molecule has 0 aromatic carbocycles. The third-order valence-electron chi connectivity index (χ3n) is 3.03. The molecule has 2 heterocycles. The van der Waals surface area contributed by atoms with Crippen molar-refractivity contribution in [1.82, 2.24) is 14.9 Å². The van der Waals surface area contributed by atoms with Gasteiger partial charge in [-0.25, -0.2) is 4.98 Å². The van der Waals surface area contributed by atoms with E-state index in [4.69, 9.17) is 4.74 Å². The standard InChI is InChI=1S/C11H19N3O/c1-11(4-3-7-15-9-11)13-8-10-12-5-6-14(10)2/h5-6,13H,3-4,7-9H2,1-2H3. The van der Waals surface area contributed by atoms with Gasteiger partial charge in [-0.2, -0.15) is 0 Å². The van der Waals surface area contributed by atoms with E-state index in [1.165, 1.54) is 6.42 Å². The van der Waals surface area contributed by atoms with Gasteiger partial charge < -0.3 is 14.6 Å². The van der Waals surface area contributed by atoms with Crippen LogP contribution >= 0.6 is 0 Å². The molecule has 0 spiro atoms. The molecule has 0 aliphatic carbocycles. The highest BCUT2D eigenvalue weighted by atomic mass is 16.5. The predicted molar refractivity (Wildman–Crippen MR) is 58.5 cm³/mol. The van der Waals surface area contributed by atoms with Crippen LogP contribution in [0.1, 0.15) is 25.6 Å². The molecule has 0 bridgehead atoms. The number of nitrogens with one attached hydrogen (secondary N) is 1. The Kier molecular flexibility index (Phi) is 3.07. The monoisotopic (exact) mass is 209 g/mol. The summed E-state index contributed by atoms with van der Waals surface area (Å²) in [5.74, 6) is 1.07. The number of imidazole rings is 1. The zero-order valence-corrected chi connectivity index (χ0v) is 9.49. The summed E-state index contributed by atoms with van der Waals surface area (Å²) in [5.41, 5.74) is 0.115. The molecular weight excluding hydrogens is 190 g/mol. The second-order valence-corrected chi connectivity index (χ2v) is 4.52. The SMILES string of the molecule is Cn1ccnc1CNC1(C)CCCOC1. The fourth-order valence-corrected chi connectivity index (χ4v) is 1.93. The van der Waals surface area contributed by atoms with Crippen molar-refractivity contribution in [2.45, 2.75) is 31.8 Å². The number of hydrogen-bond acceptors (Lipinski definition) is 3. The lowest BCUT2D eigenvalue weighted by Gasteiger charge is -2.34. The molecule has 1 aromatic heterocycles. The fraction of sp³-hybridized carbons (Fsp3) is 0.727. The van der Waals surface area contributed by atoms with Crippen molar-refractivity contribution in [2.75, 3.05) is 13.2 Å². The van der Waals surface area contributed by atoms with Crippen LogP contribution < -0.4 is 5.32 Å². The van der Waals surface area contributed by atoms with Gasteiger partial charge >= 0.3 is 0 Å². The minimum absolute atomic E-state index is 0.115. The van der Waals surface area contributed by atoms with Gasteiger partial charge in [0.25, 0.3) is 0 Å². The Balaban J connectivity index is 1.89. The quantitative estimate of drug-likeness (QED) is 0.809. The highest BCUT2D eigenvalue weighted by Gasteiger charge is 2.26. The average Bonchev–Trinajstić information content (AvgIpc) is 2.62. The van der Waals surface area contributed by atoms with Crippen LogP contribution in [0.15, 0.2) is 12.4 Å². The van der Waals surface area contributed by atoms with Gasteiger partial charge in [0.2, 0.25) is 0 Å². The summed E-state index contributed by atoms with van der Waals surface area (Å²) >= 11 is 0. The largest absolute Gasteiger partial charge is 0.380 e. The summed E-state index contributed by atoms with van der Waals surface area (Å²) < 4.78 is 7.54. The molecule has 0 amide bonds. The van der Waals surface area contributed by atoms with E-state index < -0.39 is 0 Å². The molecule has 2 rings (SSSR count). The van der Waals surface area contributed by atoms with E-state index in [1.54, 1.807) is 0 Å². The first-order valence-corrected chi connectivity index (χ1v) is 5.49. The van der Waals surface area contributed by atoms with Crippen LogP contribution in [-0.4, -0.2) is 28.3 Å². The fourth-order valence-electron chi connectivity index (χ4n) is 1.93. The Morgan fingerprint density at radius 3 is 3.13 bits per heavy atom. The lowest BCUT2D eigenvalue weighted by atomic mass is 9.95. The van der Waals surface area contributed by atoms with Crippen LogP contribution in [-0.2, 0) is 18.3 Å². The topological polar surface area (TPSA) is 39.1 Å². The zero-order valence-electron chi connectivity index (χ0n) is 9.49. The molecule has 0 radical (unpaired) electrons. The van der Waals surface area contributed by atoms with Gasteiger partial charge in [-0.05, 0) is 19.8 Å². The third kappa shape index (κ3) is 2.58. The van der Waals surface area contributed by atoms with E-state index in [0.29, 0.717) is 0 Å². The van der Waals surface area contributed by atoms with Gasteiger partial charge in [0.05, 0.1) is 13.2 Å². The van der Waals surface area contributed by atoms with Crippen molar-refractivity contribution in [3.05, 3.63) is 18.2 Å². The highest BCUT2D eigenvalue weighted by Crippen LogP contribution is 2.18. The van der Waals surface area contributed by atoms with Crippen molar-refractivity contribution < 1.29 is 4.74 Å². The zero-order chi connectivity index (χ0) is 10.7. The van der Waals surface area contributed by atoms with Crippen LogP contribution in [0.4, 0.5) is 0 Å². The molecule has 1 saturated heterocycles. The Morgan fingerprint density at radius 2 is 2.53 bits per heavy atom. The Bertz CT molecular complexity index is 315. The van der Waals surface area contributed by atoms with Gasteiger partial charge in [0.15, 0.2) is 0 Å². The molecule has 1 aliphatic heterocycles. The molecule has 1 N–H and O–H groups in total. The smallest absolute Gasteiger partial charge is 0.122 e. The van der Waals surface area contributed by atoms with Crippen molar-refractivity contribution in [3.63, 3.8) is 0 Å². The van der Waals surface area contributed by atoms with Gasteiger partial charge in [-0.15, -0.1) is 0 Å². The van der Waals surface area contributed by atoms with Crippen molar-refractivity contribution >= 4 is 0 Å². The molecule has 84 valence electrons. The Hall–Kier alpha value is -0.870. The van der Waals surface area contributed by atoms with Crippen LogP contribution in [0.3, 0.4) is 0 Å². The summed E-state index contributed by atoms with van der Waals surface area (Å²) in [6.07, 6.45) is 6.12. The second-order valence-electron chi connectivity index (χ2n) is 4.52. The molecule has 1 unspecified atom stereocenters. The number of hydrogen-bond donors (Lipinski definition) is 1. The van der Waals surface area contributed by atoms with Crippen molar-refractivity contribution in [1.29, 1.82) is 0 Å². The summed E-state index contributed by atoms with van der Waals surface area (Å²) in [4.78, 5) is 4.29. The third-order valence-corrected chi connectivity index (χ3v) is 3.03. The van der Waals surface area contributed by atoms with E-state index in [0.717, 1.165) is 32.0 Å². The Labute approximate surface area is 90.6 Å². The van der Waals surface area contributed by atoms with Crippen molar-refractivity contribution in [2.24, 2.45) is 7.05 Å². The molecule has 1 fully saturated rings. The molecular formula is C11H19N3O. The molecule has 1 aromatic rings. The van der Waals surface area contributed by atoms with E-state index in [9.17, 15) is 0 Å². The summed E-state index contributed by atoms with van der Waals surface area (Å²) in [5, 5.41) is 3.53. The number of rotatable bonds is 3. The molecule has 1 atom stereocenters. The van der Waals surface area contributed by atoms with Gasteiger partial charge in [0.1, 0.15) is 5.82 Å². The molecule has 1 aliphatic rings. The van der Waals surface area contributed by atoms with Crippen LogP contribution in [0.25, 0.3) is 0 Å². The number of aromatic nitrogens is 2. The second kappa shape index (κ2) is 4.33. The Morgan fingerprint density at radius 1 is 1.67 bits per heavy atom. The molecule has 15 heavy (non-hydrogen) atoms. The van der Waals surface area contributed by atoms with E-state index in [1.807, 2.05) is 24.0 Å². The van der Waals surface area contributed by atoms with Crippen molar-refractivity contribution in [3.8, 4) is 0 Å². The maximum Gasteiger partial charge on any atom is 0.122 e. The van der Waals surface area contributed by atoms with Gasteiger partial charge in [0, 0.05) is 31.6 Å². The number of ether oxygens (including phenoxy) is 1. The van der Waals surface area contributed by atoms with E-state index >= 15 is 0 Å². The lowest BCUT2D eigenvalue weighted by Crippen LogP contribution is -2.48. The summed E-state index contributed by atoms with van der Waals surface area (Å²) in [7, 11) is 2.02. The number of nitrogens with zero attached hydrogens (tertiary/aromatic N) is 2. The molecule has 0 saturated carbocycles. The first-order valence-electron chi connectivity index (χ1n) is 5.49. The van der Waals surface area contributed by atoms with Crippen LogP contribution in [0.5, 0.6) is 0 Å². The summed E-state index contributed by atoms with van der Waals surface area (Å²) in [6.45, 7) is 4.73. The highest BCUT2D eigenvalue weighted by molar-refractivity contribution is 4.94. The van der Waals surface area contributed by atoms with E-state index in [2.05, 4.69) is 17.2 Å². The first-order chi connectivity index (χ1) is 7.20. The normalized spacial score (nSPS) is 26.8. The van der Waals surface area contributed by atoms with Crippen LogP contribution in [0, 0.1) is 0 Å². The van der Waals surface area contributed by atoms with Gasteiger partial charge in [-0.1, -0.05) is 0 Å². The lowest BCUT2D eigenvalue weighted by molar-refractivity contribution is 0.0274. The molecule has 4 heteroatoms. The van der Waals surface area contributed by atoms with E-state index in [-0.39, 0.29) is 5.54 Å². The maximum absolute atomic E-state index is 5.50. The predicted octanol–water partition coefficient (Wildman–Crippen LogP) is 1.08.